The summed E-state index contributed by atoms with van der Waals surface area (Å²) in [6.07, 6.45) is 0. The maximum atomic E-state index is 5.29. The Morgan fingerprint density at radius 1 is 1.00 bits per heavy atom. The molecule has 0 aliphatic rings. The van der Waals surface area contributed by atoms with E-state index in [0.717, 1.165) is 11.5 Å². The Balaban J connectivity index is 2.16. The summed E-state index contributed by atoms with van der Waals surface area (Å²) >= 11 is 2.27. The second-order valence-corrected chi connectivity index (χ2v) is 4.43. The molecule has 2 rings (SSSR count). The number of rotatable bonds is 3. The Morgan fingerprint density at radius 3 is 2.38 bits per heavy atom. The second kappa shape index (κ2) is 5.13. The molecule has 0 bridgehead atoms. The number of hydrogen-bond acceptors (Lipinski definition) is 4. The van der Waals surface area contributed by atoms with E-state index in [0.29, 0.717) is 5.82 Å². The van der Waals surface area contributed by atoms with Crippen molar-refractivity contribution in [2.45, 2.75) is 0 Å². The van der Waals surface area contributed by atoms with Crippen LogP contribution in [-0.2, 0) is 0 Å². The minimum absolute atomic E-state index is 0.635. The van der Waals surface area contributed by atoms with E-state index in [1.165, 1.54) is 3.57 Å². The van der Waals surface area contributed by atoms with Gasteiger partial charge in [0.1, 0.15) is 11.6 Å². The van der Waals surface area contributed by atoms with E-state index >= 15 is 0 Å². The highest BCUT2D eigenvalue weighted by Crippen LogP contribution is 2.17. The Labute approximate surface area is 107 Å². The number of nitrogens with one attached hydrogen (secondary N) is 2. The van der Waals surface area contributed by atoms with Crippen LogP contribution in [0.4, 0.5) is 17.3 Å². The Bertz CT molecular complexity index is 470. The molecule has 0 aliphatic heterocycles. The molecule has 4 nitrogen and oxygen atoms in total. The normalized spacial score (nSPS) is 9.88. The smallest absolute Gasteiger partial charge is 0.142 e. The Hall–Kier alpha value is -1.34. The molecule has 0 saturated carbocycles. The first-order valence-electron chi connectivity index (χ1n) is 4.74. The molecule has 0 aliphatic carbocycles. The number of halogens is 1. The van der Waals surface area contributed by atoms with Crippen molar-refractivity contribution >= 4 is 39.9 Å². The fourth-order valence-corrected chi connectivity index (χ4v) is 1.63. The lowest BCUT2D eigenvalue weighted by atomic mass is 10.3. The van der Waals surface area contributed by atoms with Crippen LogP contribution in [0, 0.1) is 3.57 Å². The van der Waals surface area contributed by atoms with Crippen molar-refractivity contribution < 1.29 is 0 Å². The average molecular weight is 326 g/mol. The molecule has 1 heterocycles. The summed E-state index contributed by atoms with van der Waals surface area (Å²) in [5, 5.41) is 3.20. The van der Waals surface area contributed by atoms with E-state index in [1.807, 2.05) is 36.4 Å². The van der Waals surface area contributed by atoms with Gasteiger partial charge in [0, 0.05) is 9.26 Å². The van der Waals surface area contributed by atoms with Gasteiger partial charge in [0.05, 0.1) is 0 Å². The van der Waals surface area contributed by atoms with Gasteiger partial charge in [-0.15, -0.1) is 0 Å². The van der Waals surface area contributed by atoms with Gasteiger partial charge in [-0.1, -0.05) is 6.07 Å². The third-order valence-electron chi connectivity index (χ3n) is 2.01. The molecule has 0 fully saturated rings. The molecule has 82 valence electrons. The number of anilines is 3. The summed E-state index contributed by atoms with van der Waals surface area (Å²) in [5.74, 6) is 6.69. The number of aromatic nitrogens is 1. The summed E-state index contributed by atoms with van der Waals surface area (Å²) in [6, 6.07) is 13.7. The number of nitrogens with zero attached hydrogens (tertiary/aromatic N) is 1. The molecular weight excluding hydrogens is 315 g/mol. The van der Waals surface area contributed by atoms with Crippen molar-refractivity contribution in [3.05, 3.63) is 46.0 Å². The summed E-state index contributed by atoms with van der Waals surface area (Å²) in [4.78, 5) is 4.26. The molecule has 2 aromatic rings. The molecule has 0 amide bonds. The number of hydrogen-bond donors (Lipinski definition) is 3. The van der Waals surface area contributed by atoms with Gasteiger partial charge in [-0.05, 0) is 59.0 Å². The van der Waals surface area contributed by atoms with Crippen LogP contribution in [0.15, 0.2) is 42.5 Å². The maximum absolute atomic E-state index is 5.29. The first-order valence-corrected chi connectivity index (χ1v) is 5.82. The molecule has 16 heavy (non-hydrogen) atoms. The van der Waals surface area contributed by atoms with Crippen molar-refractivity contribution in [2.75, 3.05) is 10.7 Å². The van der Waals surface area contributed by atoms with Crippen molar-refractivity contribution in [1.29, 1.82) is 0 Å². The van der Waals surface area contributed by atoms with Crippen LogP contribution in [0.2, 0.25) is 0 Å². The summed E-state index contributed by atoms with van der Waals surface area (Å²) in [5.41, 5.74) is 3.51. The van der Waals surface area contributed by atoms with Gasteiger partial charge in [-0.25, -0.2) is 10.8 Å². The molecule has 0 atom stereocenters. The predicted octanol–water partition coefficient (Wildman–Crippen LogP) is 2.72. The molecule has 1 aromatic carbocycles. The van der Waals surface area contributed by atoms with Crippen LogP contribution < -0.4 is 16.6 Å². The highest BCUT2D eigenvalue weighted by atomic mass is 127. The molecule has 0 radical (unpaired) electrons. The van der Waals surface area contributed by atoms with Gasteiger partial charge in [-0.3, -0.25) is 0 Å². The maximum Gasteiger partial charge on any atom is 0.142 e. The number of pyridine rings is 1. The topological polar surface area (TPSA) is 63.0 Å². The SMILES string of the molecule is NNc1cccc(Nc2ccc(I)cc2)n1. The number of nitrogens with two attached hydrogens (primary N) is 1. The van der Waals surface area contributed by atoms with Gasteiger partial charge in [0.2, 0.25) is 0 Å². The fraction of sp³-hybridized carbons (Fsp3) is 0. The fourth-order valence-electron chi connectivity index (χ4n) is 1.27. The molecule has 1 aromatic heterocycles. The number of benzene rings is 1. The Morgan fingerprint density at radius 2 is 1.69 bits per heavy atom. The van der Waals surface area contributed by atoms with E-state index in [1.54, 1.807) is 6.07 Å². The molecule has 4 N–H and O–H groups in total. The summed E-state index contributed by atoms with van der Waals surface area (Å²) in [7, 11) is 0. The Kier molecular flexibility index (Phi) is 3.58. The number of nitrogen functional groups attached to an aromatic ring is 1. The van der Waals surface area contributed by atoms with E-state index in [9.17, 15) is 0 Å². The lowest BCUT2D eigenvalue weighted by Crippen LogP contribution is -2.08. The molecule has 0 spiro atoms. The average Bonchev–Trinajstić information content (AvgIpc) is 2.32. The van der Waals surface area contributed by atoms with Gasteiger partial charge in [0.15, 0.2) is 0 Å². The van der Waals surface area contributed by atoms with Crippen LogP contribution in [0.25, 0.3) is 0 Å². The molecule has 5 heteroatoms. The quantitative estimate of drug-likeness (QED) is 0.461. The molecule has 0 unspecified atom stereocenters. The standard InChI is InChI=1S/C11H11IN4/c12-8-4-6-9(7-5-8)14-10-2-1-3-11(15-10)16-13/h1-7H,13H2,(H2,14,15,16). The van der Waals surface area contributed by atoms with Crippen molar-refractivity contribution in [3.8, 4) is 0 Å². The largest absolute Gasteiger partial charge is 0.340 e. The zero-order valence-corrected chi connectivity index (χ0v) is 10.6. The summed E-state index contributed by atoms with van der Waals surface area (Å²) in [6.45, 7) is 0. The van der Waals surface area contributed by atoms with Crippen LogP contribution in [0.5, 0.6) is 0 Å². The van der Waals surface area contributed by atoms with Gasteiger partial charge in [0.25, 0.3) is 0 Å². The van der Waals surface area contributed by atoms with Crippen molar-refractivity contribution in [2.24, 2.45) is 5.84 Å². The first-order chi connectivity index (χ1) is 7.78. The van der Waals surface area contributed by atoms with Crippen LogP contribution in [-0.4, -0.2) is 4.98 Å². The first kappa shape index (κ1) is 11.2. The van der Waals surface area contributed by atoms with Crippen LogP contribution in [0.3, 0.4) is 0 Å². The third kappa shape index (κ3) is 2.83. The lowest BCUT2D eigenvalue weighted by molar-refractivity contribution is 1.22. The van der Waals surface area contributed by atoms with E-state index in [4.69, 9.17) is 5.84 Å². The minimum atomic E-state index is 0.635. The zero-order valence-electron chi connectivity index (χ0n) is 8.44. The molecular formula is C11H11IN4. The zero-order chi connectivity index (χ0) is 11.4. The van der Waals surface area contributed by atoms with E-state index in [2.05, 4.69) is 38.3 Å². The van der Waals surface area contributed by atoms with E-state index < -0.39 is 0 Å². The monoisotopic (exact) mass is 326 g/mol. The van der Waals surface area contributed by atoms with Gasteiger partial charge in [-0.2, -0.15) is 0 Å². The lowest BCUT2D eigenvalue weighted by Gasteiger charge is -2.06. The second-order valence-electron chi connectivity index (χ2n) is 3.18. The van der Waals surface area contributed by atoms with Gasteiger partial charge < -0.3 is 10.7 Å². The third-order valence-corrected chi connectivity index (χ3v) is 2.73. The van der Waals surface area contributed by atoms with Gasteiger partial charge >= 0.3 is 0 Å². The van der Waals surface area contributed by atoms with Crippen LogP contribution in [0.1, 0.15) is 0 Å². The van der Waals surface area contributed by atoms with Crippen molar-refractivity contribution in [1.82, 2.24) is 4.98 Å². The van der Waals surface area contributed by atoms with E-state index in [-0.39, 0.29) is 0 Å². The van der Waals surface area contributed by atoms with Crippen molar-refractivity contribution in [3.63, 3.8) is 0 Å². The predicted molar refractivity (Wildman–Crippen MR) is 74.5 cm³/mol. The highest BCUT2D eigenvalue weighted by molar-refractivity contribution is 14.1. The summed E-state index contributed by atoms with van der Waals surface area (Å²) < 4.78 is 1.20. The van der Waals surface area contributed by atoms with Crippen LogP contribution >= 0.6 is 22.6 Å². The highest BCUT2D eigenvalue weighted by Gasteiger charge is 1.97. The number of hydrazine groups is 1. The minimum Gasteiger partial charge on any atom is -0.340 e. The molecule has 0 saturated heterocycles.